The number of amides is 1. The summed E-state index contributed by atoms with van der Waals surface area (Å²) in [6.45, 7) is 3.04. The zero-order valence-electron chi connectivity index (χ0n) is 9.52. The number of thiazole rings is 1. The molecule has 1 aromatic heterocycles. The van der Waals surface area contributed by atoms with Crippen LogP contribution in [0.15, 0.2) is 5.38 Å². The van der Waals surface area contributed by atoms with Crippen molar-refractivity contribution in [2.45, 2.75) is 13.0 Å². The SMILES string of the molecule is NNC(=O)c1nc(CN2CCCSCC2)cs1. The van der Waals surface area contributed by atoms with E-state index >= 15 is 0 Å². The lowest BCUT2D eigenvalue weighted by atomic mass is 10.3. The Bertz CT molecular complexity index is 374. The Balaban J connectivity index is 1.93. The summed E-state index contributed by atoms with van der Waals surface area (Å²) in [5.41, 5.74) is 3.06. The van der Waals surface area contributed by atoms with Crippen LogP contribution in [0.5, 0.6) is 0 Å². The molecule has 1 aromatic rings. The number of carbonyl (C=O) groups is 1. The Labute approximate surface area is 109 Å². The Kier molecular flexibility index (Phi) is 4.78. The van der Waals surface area contributed by atoms with E-state index in [1.807, 2.05) is 17.1 Å². The van der Waals surface area contributed by atoms with Crippen molar-refractivity contribution in [1.29, 1.82) is 0 Å². The van der Waals surface area contributed by atoms with Crippen molar-refractivity contribution in [3.63, 3.8) is 0 Å². The number of nitrogens with two attached hydrogens (primary N) is 1. The molecular weight excluding hydrogens is 256 g/mol. The monoisotopic (exact) mass is 272 g/mol. The number of nitrogen functional groups attached to an aromatic ring is 1. The van der Waals surface area contributed by atoms with E-state index in [4.69, 9.17) is 5.84 Å². The number of rotatable bonds is 3. The smallest absolute Gasteiger partial charge is 0.294 e. The van der Waals surface area contributed by atoms with Gasteiger partial charge in [-0.05, 0) is 18.7 Å². The van der Waals surface area contributed by atoms with Gasteiger partial charge in [0.05, 0.1) is 5.69 Å². The molecule has 0 atom stereocenters. The Morgan fingerprint density at radius 2 is 2.41 bits per heavy atom. The number of hydrogen-bond donors (Lipinski definition) is 2. The highest BCUT2D eigenvalue weighted by Gasteiger charge is 2.13. The Morgan fingerprint density at radius 1 is 1.53 bits per heavy atom. The lowest BCUT2D eigenvalue weighted by molar-refractivity contribution is 0.0953. The van der Waals surface area contributed by atoms with Crippen LogP contribution in [-0.2, 0) is 6.54 Å². The number of carbonyl (C=O) groups excluding carboxylic acids is 1. The van der Waals surface area contributed by atoms with Gasteiger partial charge < -0.3 is 0 Å². The molecule has 0 unspecified atom stereocenters. The third kappa shape index (κ3) is 3.67. The Morgan fingerprint density at radius 3 is 3.24 bits per heavy atom. The molecular formula is C10H16N4OS2. The maximum atomic E-state index is 11.3. The average molecular weight is 272 g/mol. The van der Waals surface area contributed by atoms with Crippen LogP contribution in [0.4, 0.5) is 0 Å². The van der Waals surface area contributed by atoms with Crippen LogP contribution < -0.4 is 11.3 Å². The van der Waals surface area contributed by atoms with Gasteiger partial charge in [-0.3, -0.25) is 15.1 Å². The first-order valence-corrected chi connectivity index (χ1v) is 7.58. The fraction of sp³-hybridized carbons (Fsp3) is 0.600. The van der Waals surface area contributed by atoms with Gasteiger partial charge >= 0.3 is 0 Å². The van der Waals surface area contributed by atoms with Crippen molar-refractivity contribution in [2.75, 3.05) is 24.6 Å². The molecule has 7 heteroatoms. The van der Waals surface area contributed by atoms with Gasteiger partial charge in [-0.15, -0.1) is 11.3 Å². The van der Waals surface area contributed by atoms with E-state index < -0.39 is 0 Å². The van der Waals surface area contributed by atoms with E-state index in [1.54, 1.807) is 0 Å². The number of nitrogens with one attached hydrogen (secondary N) is 1. The number of nitrogens with zero attached hydrogens (tertiary/aromatic N) is 2. The first kappa shape index (κ1) is 12.8. The molecule has 0 aromatic carbocycles. The molecule has 17 heavy (non-hydrogen) atoms. The molecule has 1 aliphatic heterocycles. The molecule has 2 rings (SSSR count). The largest absolute Gasteiger partial charge is 0.297 e. The summed E-state index contributed by atoms with van der Waals surface area (Å²) in [6, 6.07) is 0. The van der Waals surface area contributed by atoms with Crippen LogP contribution in [0.3, 0.4) is 0 Å². The fourth-order valence-electron chi connectivity index (χ4n) is 1.73. The quantitative estimate of drug-likeness (QED) is 0.481. The van der Waals surface area contributed by atoms with Crippen LogP contribution in [0.1, 0.15) is 21.9 Å². The minimum absolute atomic E-state index is 0.312. The number of aromatic nitrogens is 1. The molecule has 1 saturated heterocycles. The number of thioether (sulfide) groups is 1. The minimum atomic E-state index is -0.312. The van der Waals surface area contributed by atoms with Gasteiger partial charge in [0, 0.05) is 24.2 Å². The molecule has 0 radical (unpaired) electrons. The molecule has 1 aliphatic rings. The van der Waals surface area contributed by atoms with Gasteiger partial charge in [0.15, 0.2) is 5.01 Å². The van der Waals surface area contributed by atoms with Crippen molar-refractivity contribution >= 4 is 29.0 Å². The van der Waals surface area contributed by atoms with E-state index in [1.165, 1.54) is 29.3 Å². The lowest BCUT2D eigenvalue weighted by Crippen LogP contribution is -2.30. The first-order chi connectivity index (χ1) is 8.29. The van der Waals surface area contributed by atoms with E-state index in [0.29, 0.717) is 5.01 Å². The number of hydrazine groups is 1. The van der Waals surface area contributed by atoms with Crippen molar-refractivity contribution in [3.05, 3.63) is 16.1 Å². The zero-order valence-corrected chi connectivity index (χ0v) is 11.1. The summed E-state index contributed by atoms with van der Waals surface area (Å²) in [5.74, 6) is 7.19. The molecule has 0 spiro atoms. The Hall–Kier alpha value is -0.630. The summed E-state index contributed by atoms with van der Waals surface area (Å²) in [4.78, 5) is 17.9. The third-order valence-corrected chi connectivity index (χ3v) is 4.52. The highest BCUT2D eigenvalue weighted by Crippen LogP contribution is 2.15. The van der Waals surface area contributed by atoms with E-state index in [0.717, 1.165) is 25.3 Å². The minimum Gasteiger partial charge on any atom is -0.297 e. The predicted octanol–water partition coefficient (Wildman–Crippen LogP) is 0.685. The second kappa shape index (κ2) is 6.34. The van der Waals surface area contributed by atoms with Crippen LogP contribution in [0, 0.1) is 0 Å². The lowest BCUT2D eigenvalue weighted by Gasteiger charge is -2.17. The van der Waals surface area contributed by atoms with Gasteiger partial charge in [0.25, 0.3) is 5.91 Å². The molecule has 0 saturated carbocycles. The molecule has 2 heterocycles. The molecule has 0 aliphatic carbocycles. The third-order valence-electron chi connectivity index (χ3n) is 2.58. The van der Waals surface area contributed by atoms with Gasteiger partial charge in [0.2, 0.25) is 0 Å². The number of hydrogen-bond acceptors (Lipinski definition) is 6. The molecule has 1 amide bonds. The van der Waals surface area contributed by atoms with Crippen LogP contribution in [0.2, 0.25) is 0 Å². The fourth-order valence-corrected chi connectivity index (χ4v) is 3.37. The molecule has 94 valence electrons. The molecule has 1 fully saturated rings. The summed E-state index contributed by atoms with van der Waals surface area (Å²) in [5, 5.41) is 2.37. The highest BCUT2D eigenvalue weighted by atomic mass is 32.2. The second-order valence-electron chi connectivity index (χ2n) is 3.86. The standard InChI is InChI=1S/C10H16N4OS2/c11-13-9(15)10-12-8(7-17-10)6-14-2-1-4-16-5-3-14/h7H,1-6,11H2,(H,13,15). The van der Waals surface area contributed by atoms with Gasteiger partial charge in [-0.25, -0.2) is 10.8 Å². The highest BCUT2D eigenvalue weighted by molar-refractivity contribution is 7.99. The second-order valence-corrected chi connectivity index (χ2v) is 5.94. The predicted molar refractivity (Wildman–Crippen MR) is 71.0 cm³/mol. The summed E-state index contributed by atoms with van der Waals surface area (Å²) in [6.07, 6.45) is 1.23. The van der Waals surface area contributed by atoms with Crippen molar-refractivity contribution < 1.29 is 4.79 Å². The van der Waals surface area contributed by atoms with Crippen LogP contribution in [-0.4, -0.2) is 40.4 Å². The zero-order chi connectivity index (χ0) is 12.1. The first-order valence-electron chi connectivity index (χ1n) is 5.55. The van der Waals surface area contributed by atoms with Crippen LogP contribution >= 0.6 is 23.1 Å². The molecule has 5 nitrogen and oxygen atoms in total. The van der Waals surface area contributed by atoms with Gasteiger partial charge in [-0.2, -0.15) is 11.8 Å². The van der Waals surface area contributed by atoms with E-state index in [2.05, 4.69) is 15.3 Å². The van der Waals surface area contributed by atoms with E-state index in [9.17, 15) is 4.79 Å². The van der Waals surface area contributed by atoms with Gasteiger partial charge in [0.1, 0.15) is 0 Å². The van der Waals surface area contributed by atoms with Crippen molar-refractivity contribution in [1.82, 2.24) is 15.3 Å². The van der Waals surface area contributed by atoms with Crippen molar-refractivity contribution in [3.8, 4) is 0 Å². The topological polar surface area (TPSA) is 71.2 Å². The molecule has 3 N–H and O–H groups in total. The summed E-state index contributed by atoms with van der Waals surface area (Å²) < 4.78 is 0. The van der Waals surface area contributed by atoms with Crippen molar-refractivity contribution in [2.24, 2.45) is 5.84 Å². The maximum absolute atomic E-state index is 11.3. The van der Waals surface area contributed by atoms with Crippen LogP contribution in [0.25, 0.3) is 0 Å². The summed E-state index contributed by atoms with van der Waals surface area (Å²) in [7, 11) is 0. The van der Waals surface area contributed by atoms with Gasteiger partial charge in [-0.1, -0.05) is 0 Å². The molecule has 0 bridgehead atoms. The maximum Gasteiger partial charge on any atom is 0.294 e. The average Bonchev–Trinajstić information content (AvgIpc) is 2.65. The summed E-state index contributed by atoms with van der Waals surface area (Å²) >= 11 is 3.34. The van der Waals surface area contributed by atoms with E-state index in [-0.39, 0.29) is 5.91 Å². The normalized spacial score (nSPS) is 17.7.